The number of hydrogen-bond donors (Lipinski definition) is 0. The van der Waals surface area contributed by atoms with E-state index in [-0.39, 0.29) is 24.1 Å². The summed E-state index contributed by atoms with van der Waals surface area (Å²) in [5, 5.41) is 0.535. The molecule has 128 valence electrons. The Kier molecular flexibility index (Phi) is 4.05. The second-order valence-corrected chi connectivity index (χ2v) is 6.34. The first-order chi connectivity index (χ1) is 12.2. The molecule has 4 rings (SSSR count). The van der Waals surface area contributed by atoms with Crippen molar-refractivity contribution >= 4 is 16.8 Å². The molecule has 1 aromatic carbocycles. The number of para-hydroxylation sites is 1. The Morgan fingerprint density at radius 2 is 2.12 bits per heavy atom. The zero-order chi connectivity index (χ0) is 17.2. The van der Waals surface area contributed by atoms with E-state index in [1.54, 1.807) is 30.7 Å². The largest absolute Gasteiger partial charge is 0.339 e. The minimum Gasteiger partial charge on any atom is -0.339 e. The van der Waals surface area contributed by atoms with Crippen molar-refractivity contribution in [2.75, 3.05) is 13.1 Å². The molecular weight excluding hydrogens is 318 g/mol. The van der Waals surface area contributed by atoms with Gasteiger partial charge < -0.3 is 9.47 Å². The van der Waals surface area contributed by atoms with Gasteiger partial charge in [-0.2, -0.15) is 0 Å². The van der Waals surface area contributed by atoms with E-state index in [1.165, 1.54) is 10.9 Å². The first-order valence-corrected chi connectivity index (χ1v) is 8.42. The minimum atomic E-state index is -0.179. The van der Waals surface area contributed by atoms with Crippen LogP contribution in [0.15, 0.2) is 54.1 Å². The quantitative estimate of drug-likeness (QED) is 0.725. The molecule has 1 aliphatic rings. The lowest BCUT2D eigenvalue weighted by atomic mass is 10.1. The van der Waals surface area contributed by atoms with Gasteiger partial charge >= 0.3 is 0 Å². The molecule has 3 aromatic rings. The summed E-state index contributed by atoms with van der Waals surface area (Å²) < 4.78 is 3.44. The molecule has 0 unspecified atom stereocenters. The number of aromatic nitrogens is 4. The molecule has 7 heteroatoms. The highest BCUT2D eigenvalue weighted by atomic mass is 16.2. The Balaban J connectivity index is 1.52. The number of imidazole rings is 1. The van der Waals surface area contributed by atoms with Gasteiger partial charge in [0.1, 0.15) is 6.54 Å². The van der Waals surface area contributed by atoms with Crippen molar-refractivity contribution in [1.82, 2.24) is 24.0 Å². The Morgan fingerprint density at radius 3 is 2.96 bits per heavy atom. The molecule has 1 aliphatic heterocycles. The summed E-state index contributed by atoms with van der Waals surface area (Å²) in [7, 11) is 0. The molecule has 0 N–H and O–H groups in total. The summed E-state index contributed by atoms with van der Waals surface area (Å²) in [6, 6.07) is 7.42. The first kappa shape index (κ1) is 15.6. The van der Waals surface area contributed by atoms with Gasteiger partial charge in [-0.15, -0.1) is 0 Å². The van der Waals surface area contributed by atoms with Gasteiger partial charge in [-0.1, -0.05) is 12.1 Å². The number of carbonyl (C=O) groups is 1. The van der Waals surface area contributed by atoms with E-state index in [1.807, 2.05) is 21.7 Å². The molecule has 0 radical (unpaired) electrons. The van der Waals surface area contributed by atoms with Crippen molar-refractivity contribution in [3.8, 4) is 0 Å². The van der Waals surface area contributed by atoms with Crippen LogP contribution in [0.2, 0.25) is 0 Å². The molecule has 25 heavy (non-hydrogen) atoms. The van der Waals surface area contributed by atoms with Gasteiger partial charge in [-0.05, 0) is 25.0 Å². The van der Waals surface area contributed by atoms with Crippen LogP contribution in [0.25, 0.3) is 10.9 Å². The van der Waals surface area contributed by atoms with E-state index in [2.05, 4.69) is 9.97 Å². The third kappa shape index (κ3) is 3.05. The Labute approximate surface area is 144 Å². The molecule has 0 spiro atoms. The molecule has 7 nitrogen and oxygen atoms in total. The van der Waals surface area contributed by atoms with Crippen LogP contribution in [0.4, 0.5) is 0 Å². The van der Waals surface area contributed by atoms with Crippen LogP contribution in [0.3, 0.4) is 0 Å². The van der Waals surface area contributed by atoms with Crippen molar-refractivity contribution in [2.45, 2.75) is 25.4 Å². The number of benzene rings is 1. The third-order valence-corrected chi connectivity index (χ3v) is 4.73. The van der Waals surface area contributed by atoms with Crippen LogP contribution >= 0.6 is 0 Å². The van der Waals surface area contributed by atoms with Crippen LogP contribution in [-0.2, 0) is 11.3 Å². The second kappa shape index (κ2) is 6.51. The Hall–Kier alpha value is -2.96. The molecule has 0 saturated carbocycles. The number of rotatable bonds is 3. The maximum absolute atomic E-state index is 12.7. The average Bonchev–Trinajstić information content (AvgIpc) is 3.19. The number of carbonyl (C=O) groups excluding carboxylic acids is 1. The van der Waals surface area contributed by atoms with Crippen molar-refractivity contribution in [3.05, 3.63) is 59.7 Å². The molecule has 1 atom stereocenters. The zero-order valence-electron chi connectivity index (χ0n) is 13.8. The molecule has 3 heterocycles. The summed E-state index contributed by atoms with van der Waals surface area (Å²) in [6.07, 6.45) is 8.89. The van der Waals surface area contributed by atoms with Crippen molar-refractivity contribution in [1.29, 1.82) is 0 Å². The van der Waals surface area contributed by atoms with Gasteiger partial charge in [-0.25, -0.2) is 9.97 Å². The standard InChI is InChI=1S/C18H19N5O2/c24-17(21-8-3-4-14(10-21)22-9-7-19-12-22)11-23-13-20-16-6-2-1-5-15(16)18(23)25/h1-2,5-7,9,12-14H,3-4,8,10-11H2/t14-/m0/s1. The van der Waals surface area contributed by atoms with Crippen molar-refractivity contribution < 1.29 is 4.79 Å². The molecule has 0 bridgehead atoms. The smallest absolute Gasteiger partial charge is 0.261 e. The van der Waals surface area contributed by atoms with Gasteiger partial charge in [0.25, 0.3) is 5.56 Å². The lowest BCUT2D eigenvalue weighted by Gasteiger charge is -2.33. The third-order valence-electron chi connectivity index (χ3n) is 4.73. The summed E-state index contributed by atoms with van der Waals surface area (Å²) in [5.41, 5.74) is 0.469. The maximum Gasteiger partial charge on any atom is 0.261 e. The molecule has 1 fully saturated rings. The van der Waals surface area contributed by atoms with Crippen molar-refractivity contribution in [3.63, 3.8) is 0 Å². The van der Waals surface area contributed by atoms with E-state index in [4.69, 9.17) is 0 Å². The van der Waals surface area contributed by atoms with Gasteiger partial charge in [0, 0.05) is 25.5 Å². The van der Waals surface area contributed by atoms with E-state index in [0.29, 0.717) is 17.4 Å². The highest BCUT2D eigenvalue weighted by molar-refractivity contribution is 5.79. The lowest BCUT2D eigenvalue weighted by Crippen LogP contribution is -2.43. The van der Waals surface area contributed by atoms with E-state index in [9.17, 15) is 9.59 Å². The fourth-order valence-electron chi connectivity index (χ4n) is 3.37. The first-order valence-electron chi connectivity index (χ1n) is 8.42. The monoisotopic (exact) mass is 337 g/mol. The molecular formula is C18H19N5O2. The van der Waals surface area contributed by atoms with Crippen LogP contribution in [0.5, 0.6) is 0 Å². The topological polar surface area (TPSA) is 73.0 Å². The van der Waals surface area contributed by atoms with Gasteiger partial charge in [0.2, 0.25) is 5.91 Å². The Morgan fingerprint density at radius 1 is 1.24 bits per heavy atom. The van der Waals surface area contributed by atoms with Gasteiger partial charge in [0.05, 0.1) is 29.6 Å². The van der Waals surface area contributed by atoms with Crippen LogP contribution in [0, 0.1) is 0 Å². The predicted molar refractivity (Wildman–Crippen MR) is 93.1 cm³/mol. The molecule has 1 saturated heterocycles. The minimum absolute atomic E-state index is 0.0211. The van der Waals surface area contributed by atoms with Crippen molar-refractivity contribution in [2.24, 2.45) is 0 Å². The maximum atomic E-state index is 12.7. The molecule has 1 amide bonds. The summed E-state index contributed by atoms with van der Waals surface area (Å²) in [4.78, 5) is 35.4. The van der Waals surface area contributed by atoms with E-state index >= 15 is 0 Å². The SMILES string of the molecule is O=C(Cn1cnc2ccccc2c1=O)N1CCC[C@H](n2ccnc2)C1. The zero-order valence-corrected chi connectivity index (χ0v) is 13.8. The van der Waals surface area contributed by atoms with Crippen LogP contribution in [0.1, 0.15) is 18.9 Å². The normalized spacial score (nSPS) is 17.8. The number of amides is 1. The van der Waals surface area contributed by atoms with Gasteiger partial charge in [-0.3, -0.25) is 14.2 Å². The van der Waals surface area contributed by atoms with Gasteiger partial charge in [0.15, 0.2) is 0 Å². The fourth-order valence-corrected chi connectivity index (χ4v) is 3.37. The highest BCUT2D eigenvalue weighted by Crippen LogP contribution is 2.21. The van der Waals surface area contributed by atoms with E-state index < -0.39 is 0 Å². The summed E-state index contributed by atoms with van der Waals surface area (Å²) in [6.45, 7) is 1.39. The summed E-state index contributed by atoms with van der Waals surface area (Å²) >= 11 is 0. The molecule has 0 aliphatic carbocycles. The number of piperidine rings is 1. The second-order valence-electron chi connectivity index (χ2n) is 6.34. The van der Waals surface area contributed by atoms with Crippen LogP contribution in [-0.4, -0.2) is 43.0 Å². The fraction of sp³-hybridized carbons (Fsp3) is 0.333. The number of nitrogens with zero attached hydrogens (tertiary/aromatic N) is 5. The average molecular weight is 337 g/mol. The van der Waals surface area contributed by atoms with Crippen LogP contribution < -0.4 is 5.56 Å². The Bertz CT molecular complexity index is 948. The predicted octanol–water partition coefficient (Wildman–Crippen LogP) is 1.46. The van der Waals surface area contributed by atoms with E-state index in [0.717, 1.165) is 19.4 Å². The number of likely N-dealkylation sites (tertiary alicyclic amines) is 1. The number of hydrogen-bond acceptors (Lipinski definition) is 4. The molecule has 2 aromatic heterocycles. The highest BCUT2D eigenvalue weighted by Gasteiger charge is 2.24. The number of fused-ring (bicyclic) bond motifs is 1. The lowest BCUT2D eigenvalue weighted by molar-refractivity contribution is -0.133. The summed E-state index contributed by atoms with van der Waals surface area (Å²) in [5.74, 6) is -0.0519.